The summed E-state index contributed by atoms with van der Waals surface area (Å²) in [6, 6.07) is 5.75. The predicted molar refractivity (Wildman–Crippen MR) is 74.4 cm³/mol. The number of hydrogen-bond donors (Lipinski definition) is 1. The molecule has 1 amide bonds. The zero-order chi connectivity index (χ0) is 14.1. The van der Waals surface area contributed by atoms with Crippen LogP contribution in [0.5, 0.6) is 0 Å². The van der Waals surface area contributed by atoms with Crippen molar-refractivity contribution in [3.8, 4) is 10.6 Å². The zero-order valence-electron chi connectivity index (χ0n) is 10.8. The Labute approximate surface area is 119 Å². The normalized spacial score (nSPS) is 18.6. The van der Waals surface area contributed by atoms with Crippen molar-refractivity contribution in [1.82, 2.24) is 10.2 Å². The van der Waals surface area contributed by atoms with E-state index in [1.165, 1.54) is 12.0 Å². The van der Waals surface area contributed by atoms with Gasteiger partial charge in [0.25, 0.3) is 0 Å². The average molecular weight is 291 g/mol. The van der Waals surface area contributed by atoms with E-state index in [-0.39, 0.29) is 18.3 Å². The molecule has 3 heterocycles. The minimum Gasteiger partial charge on any atom is -0.469 e. The highest BCUT2D eigenvalue weighted by Gasteiger charge is 2.36. The molecule has 0 aliphatic carbocycles. The molecule has 1 unspecified atom stereocenters. The van der Waals surface area contributed by atoms with E-state index < -0.39 is 5.92 Å². The minimum atomic E-state index is -0.408. The van der Waals surface area contributed by atoms with Crippen molar-refractivity contribution in [2.45, 2.75) is 6.42 Å². The topological polar surface area (TPSA) is 75.3 Å². The molecular formula is C13H13N3O3S. The first kappa shape index (κ1) is 12.9. The number of hydrogen-bond acceptors (Lipinski definition) is 5. The van der Waals surface area contributed by atoms with Gasteiger partial charge in [-0.25, -0.2) is 0 Å². The molecule has 0 spiro atoms. The van der Waals surface area contributed by atoms with Crippen molar-refractivity contribution in [2.24, 2.45) is 5.92 Å². The van der Waals surface area contributed by atoms with Gasteiger partial charge in [0.15, 0.2) is 5.82 Å². The molecule has 1 aliphatic heterocycles. The smallest absolute Gasteiger partial charge is 0.311 e. The number of esters is 1. The second kappa shape index (κ2) is 5.09. The highest BCUT2D eigenvalue weighted by Crippen LogP contribution is 2.29. The van der Waals surface area contributed by atoms with Crippen molar-refractivity contribution in [2.75, 3.05) is 18.6 Å². The van der Waals surface area contributed by atoms with Crippen LogP contribution in [0.25, 0.3) is 10.6 Å². The van der Waals surface area contributed by atoms with Crippen molar-refractivity contribution >= 4 is 29.0 Å². The Hall–Kier alpha value is -2.15. The van der Waals surface area contributed by atoms with Crippen LogP contribution >= 0.6 is 11.3 Å². The van der Waals surface area contributed by atoms with Crippen LogP contribution in [0, 0.1) is 5.92 Å². The van der Waals surface area contributed by atoms with Crippen LogP contribution in [-0.2, 0) is 14.3 Å². The lowest BCUT2D eigenvalue weighted by Gasteiger charge is -2.12. The summed E-state index contributed by atoms with van der Waals surface area (Å²) < 4.78 is 4.69. The maximum atomic E-state index is 12.0. The fraction of sp³-hybridized carbons (Fsp3) is 0.308. The molecule has 20 heavy (non-hydrogen) atoms. The summed E-state index contributed by atoms with van der Waals surface area (Å²) >= 11 is 1.59. The van der Waals surface area contributed by atoms with Gasteiger partial charge >= 0.3 is 5.97 Å². The SMILES string of the molecule is COC(=O)C1CC(=O)N(c2cc(-c3cccs3)[nH]n2)C1. The summed E-state index contributed by atoms with van der Waals surface area (Å²) in [6.07, 6.45) is 0.174. The first-order chi connectivity index (χ1) is 9.69. The Morgan fingerprint density at radius 3 is 3.15 bits per heavy atom. The fourth-order valence-electron chi connectivity index (χ4n) is 2.26. The van der Waals surface area contributed by atoms with Crippen LogP contribution in [0.4, 0.5) is 5.82 Å². The van der Waals surface area contributed by atoms with Gasteiger partial charge in [0, 0.05) is 19.0 Å². The van der Waals surface area contributed by atoms with Crippen molar-refractivity contribution < 1.29 is 14.3 Å². The monoisotopic (exact) mass is 291 g/mol. The molecule has 0 radical (unpaired) electrons. The number of anilines is 1. The summed E-state index contributed by atoms with van der Waals surface area (Å²) in [7, 11) is 1.33. The van der Waals surface area contributed by atoms with Gasteiger partial charge in [0.1, 0.15) is 0 Å². The van der Waals surface area contributed by atoms with Crippen LogP contribution in [0.3, 0.4) is 0 Å². The Kier molecular flexibility index (Phi) is 3.27. The zero-order valence-corrected chi connectivity index (χ0v) is 11.6. The highest BCUT2D eigenvalue weighted by atomic mass is 32.1. The van der Waals surface area contributed by atoms with Gasteiger partial charge in [-0.3, -0.25) is 19.6 Å². The number of rotatable bonds is 3. The molecule has 2 aromatic rings. The van der Waals surface area contributed by atoms with Gasteiger partial charge in [-0.05, 0) is 11.4 Å². The predicted octanol–water partition coefficient (Wildman–Crippen LogP) is 1.66. The Balaban J connectivity index is 1.80. The number of carbonyl (C=O) groups excluding carboxylic acids is 2. The van der Waals surface area contributed by atoms with Crippen molar-refractivity contribution in [1.29, 1.82) is 0 Å². The summed E-state index contributed by atoms with van der Waals surface area (Å²) in [6.45, 7) is 0.320. The quantitative estimate of drug-likeness (QED) is 0.873. The van der Waals surface area contributed by atoms with Crippen LogP contribution < -0.4 is 4.90 Å². The standard InChI is InChI=1S/C13H13N3O3S/c1-19-13(18)8-5-12(17)16(7-8)11-6-9(14-15-11)10-3-2-4-20-10/h2-4,6,8H,5,7H2,1H3,(H,14,15). The van der Waals surface area contributed by atoms with E-state index in [1.807, 2.05) is 23.6 Å². The molecule has 0 saturated carbocycles. The third kappa shape index (κ3) is 2.20. The Morgan fingerprint density at radius 2 is 2.45 bits per heavy atom. The lowest BCUT2D eigenvalue weighted by molar-refractivity contribution is -0.145. The molecule has 7 heteroatoms. The lowest BCUT2D eigenvalue weighted by Crippen LogP contribution is -2.26. The molecule has 1 N–H and O–H groups in total. The third-order valence-electron chi connectivity index (χ3n) is 3.29. The summed E-state index contributed by atoms with van der Waals surface area (Å²) in [5, 5.41) is 9.05. The van der Waals surface area contributed by atoms with Crippen molar-refractivity contribution in [3.63, 3.8) is 0 Å². The van der Waals surface area contributed by atoms with E-state index in [4.69, 9.17) is 0 Å². The second-order valence-electron chi connectivity index (χ2n) is 4.55. The number of nitrogens with one attached hydrogen (secondary N) is 1. The Morgan fingerprint density at radius 1 is 1.60 bits per heavy atom. The molecule has 1 aliphatic rings. The second-order valence-corrected chi connectivity index (χ2v) is 5.49. The number of ether oxygens (including phenoxy) is 1. The van der Waals surface area contributed by atoms with Crippen LogP contribution in [0.2, 0.25) is 0 Å². The highest BCUT2D eigenvalue weighted by molar-refractivity contribution is 7.13. The van der Waals surface area contributed by atoms with Gasteiger partial charge in [0.05, 0.1) is 23.6 Å². The number of H-pyrrole nitrogens is 1. The van der Waals surface area contributed by atoms with Crippen molar-refractivity contribution in [3.05, 3.63) is 23.6 Å². The molecule has 1 fully saturated rings. The van der Waals surface area contributed by atoms with E-state index in [0.717, 1.165) is 10.6 Å². The average Bonchev–Trinajstić information content (AvgIpc) is 3.16. The third-order valence-corrected chi connectivity index (χ3v) is 4.19. The van der Waals surface area contributed by atoms with Crippen LogP contribution in [-0.4, -0.2) is 35.7 Å². The first-order valence-electron chi connectivity index (χ1n) is 6.16. The van der Waals surface area contributed by atoms with Gasteiger partial charge in [-0.2, -0.15) is 5.10 Å². The maximum absolute atomic E-state index is 12.0. The summed E-state index contributed by atoms with van der Waals surface area (Å²) in [4.78, 5) is 26.0. The fourth-order valence-corrected chi connectivity index (χ4v) is 2.95. The number of methoxy groups -OCH3 is 1. The van der Waals surface area contributed by atoms with Gasteiger partial charge in [-0.15, -0.1) is 11.3 Å². The van der Waals surface area contributed by atoms with Crippen LogP contribution in [0.1, 0.15) is 6.42 Å². The van der Waals surface area contributed by atoms with E-state index in [2.05, 4.69) is 14.9 Å². The summed E-state index contributed by atoms with van der Waals surface area (Å²) in [5.74, 6) is -0.321. The van der Waals surface area contributed by atoms with E-state index >= 15 is 0 Å². The van der Waals surface area contributed by atoms with Gasteiger partial charge in [-0.1, -0.05) is 6.07 Å². The lowest BCUT2D eigenvalue weighted by atomic mass is 10.1. The van der Waals surface area contributed by atoms with Gasteiger partial charge in [0.2, 0.25) is 5.91 Å². The summed E-state index contributed by atoms with van der Waals surface area (Å²) in [5.41, 5.74) is 0.865. The molecule has 2 aromatic heterocycles. The number of aromatic amines is 1. The Bertz CT molecular complexity index is 635. The molecule has 3 rings (SSSR count). The number of carbonyl (C=O) groups is 2. The first-order valence-corrected chi connectivity index (χ1v) is 7.04. The van der Waals surface area contributed by atoms with E-state index in [0.29, 0.717) is 12.4 Å². The molecule has 0 bridgehead atoms. The van der Waals surface area contributed by atoms with Crippen LogP contribution in [0.15, 0.2) is 23.6 Å². The molecule has 1 saturated heterocycles. The van der Waals surface area contributed by atoms with Gasteiger partial charge < -0.3 is 4.74 Å². The molecule has 0 aromatic carbocycles. The number of aromatic nitrogens is 2. The molecule has 1 atom stereocenters. The van der Waals surface area contributed by atoms with E-state index in [1.54, 1.807) is 11.3 Å². The number of amides is 1. The largest absolute Gasteiger partial charge is 0.469 e. The molecule has 6 nitrogen and oxygen atoms in total. The number of thiophene rings is 1. The maximum Gasteiger partial charge on any atom is 0.311 e. The molecular weight excluding hydrogens is 278 g/mol. The minimum absolute atomic E-state index is 0.107. The number of nitrogens with zero attached hydrogens (tertiary/aromatic N) is 2. The van der Waals surface area contributed by atoms with E-state index in [9.17, 15) is 9.59 Å². The molecule has 104 valence electrons.